The number of rotatable bonds is 3. The molecular formula is C14H12ClN3O4S. The SMILES string of the molecule is Cn1cccc(NS(=O)(=O)c2cc3c(cc2Cl)NC(=O)C3)c1=O. The highest BCUT2D eigenvalue weighted by Crippen LogP contribution is 2.32. The van der Waals surface area contributed by atoms with E-state index in [9.17, 15) is 18.0 Å². The van der Waals surface area contributed by atoms with Crippen LogP contribution in [0.4, 0.5) is 11.4 Å². The summed E-state index contributed by atoms with van der Waals surface area (Å²) in [6.07, 6.45) is 1.60. The van der Waals surface area contributed by atoms with E-state index in [1.807, 2.05) is 0 Å². The number of pyridine rings is 1. The number of amides is 1. The van der Waals surface area contributed by atoms with E-state index in [2.05, 4.69) is 10.0 Å². The Bertz CT molecular complexity index is 982. The highest BCUT2D eigenvalue weighted by molar-refractivity contribution is 7.92. The number of nitrogens with zero attached hydrogens (tertiary/aromatic N) is 1. The fourth-order valence-electron chi connectivity index (χ4n) is 2.31. The molecule has 2 heterocycles. The van der Waals surface area contributed by atoms with Crippen LogP contribution in [0, 0.1) is 0 Å². The van der Waals surface area contributed by atoms with Crippen molar-refractivity contribution >= 4 is 38.9 Å². The number of benzene rings is 1. The van der Waals surface area contributed by atoms with Gasteiger partial charge in [0.05, 0.1) is 11.4 Å². The van der Waals surface area contributed by atoms with Crippen molar-refractivity contribution in [3.8, 4) is 0 Å². The van der Waals surface area contributed by atoms with Gasteiger partial charge in [0.2, 0.25) is 5.91 Å². The standard InChI is InChI=1S/C14H12ClN3O4S/c1-18-4-2-3-10(14(18)20)17-23(21,22)12-5-8-6-13(19)16-11(8)7-9(12)15/h2-5,7,17H,6H2,1H3,(H,16,19). The lowest BCUT2D eigenvalue weighted by Crippen LogP contribution is -2.24. The number of carbonyl (C=O) groups is 1. The van der Waals surface area contributed by atoms with Crippen LogP contribution in [0.15, 0.2) is 40.2 Å². The van der Waals surface area contributed by atoms with Gasteiger partial charge in [0.15, 0.2) is 0 Å². The lowest BCUT2D eigenvalue weighted by Gasteiger charge is -2.11. The summed E-state index contributed by atoms with van der Waals surface area (Å²) in [6.45, 7) is 0. The zero-order valence-electron chi connectivity index (χ0n) is 12.0. The second-order valence-electron chi connectivity index (χ2n) is 5.11. The van der Waals surface area contributed by atoms with Gasteiger partial charge in [-0.25, -0.2) is 8.42 Å². The largest absolute Gasteiger partial charge is 0.325 e. The average Bonchev–Trinajstić information content (AvgIpc) is 2.82. The monoisotopic (exact) mass is 353 g/mol. The summed E-state index contributed by atoms with van der Waals surface area (Å²) in [7, 11) is -2.54. The molecule has 0 radical (unpaired) electrons. The van der Waals surface area contributed by atoms with Gasteiger partial charge in [-0.15, -0.1) is 0 Å². The Hall–Kier alpha value is -2.32. The van der Waals surface area contributed by atoms with E-state index in [4.69, 9.17) is 11.6 Å². The van der Waals surface area contributed by atoms with Crippen molar-refractivity contribution in [2.45, 2.75) is 11.3 Å². The Morgan fingerprint density at radius 2 is 2.04 bits per heavy atom. The predicted molar refractivity (Wildman–Crippen MR) is 86.3 cm³/mol. The first-order valence-electron chi connectivity index (χ1n) is 6.58. The van der Waals surface area contributed by atoms with Crippen molar-refractivity contribution in [3.63, 3.8) is 0 Å². The topological polar surface area (TPSA) is 97.3 Å². The Labute approximate surface area is 136 Å². The van der Waals surface area contributed by atoms with Crippen molar-refractivity contribution in [2.24, 2.45) is 7.05 Å². The minimum Gasteiger partial charge on any atom is -0.325 e. The lowest BCUT2D eigenvalue weighted by molar-refractivity contribution is -0.115. The molecule has 7 nitrogen and oxygen atoms in total. The van der Waals surface area contributed by atoms with Crippen LogP contribution in [0.3, 0.4) is 0 Å². The molecule has 0 aliphatic carbocycles. The normalized spacial score (nSPS) is 13.6. The van der Waals surface area contributed by atoms with Crippen LogP contribution in [0.5, 0.6) is 0 Å². The molecule has 1 aromatic carbocycles. The molecule has 1 aromatic heterocycles. The van der Waals surface area contributed by atoms with Crippen LogP contribution in [0.2, 0.25) is 5.02 Å². The Balaban J connectivity index is 2.04. The van der Waals surface area contributed by atoms with Crippen LogP contribution in [-0.2, 0) is 28.3 Å². The number of aromatic nitrogens is 1. The van der Waals surface area contributed by atoms with Gasteiger partial charge in [-0.05, 0) is 29.8 Å². The van der Waals surface area contributed by atoms with Crippen molar-refractivity contribution < 1.29 is 13.2 Å². The number of anilines is 2. The highest BCUT2D eigenvalue weighted by Gasteiger charge is 2.25. The van der Waals surface area contributed by atoms with Gasteiger partial charge in [0, 0.05) is 18.9 Å². The number of aryl methyl sites for hydroxylation is 1. The van der Waals surface area contributed by atoms with Crippen LogP contribution in [0.25, 0.3) is 0 Å². The van der Waals surface area contributed by atoms with E-state index in [0.717, 1.165) is 0 Å². The molecular weight excluding hydrogens is 342 g/mol. The Morgan fingerprint density at radius 3 is 2.78 bits per heavy atom. The summed E-state index contributed by atoms with van der Waals surface area (Å²) in [5.41, 5.74) is 0.473. The Kier molecular flexibility index (Phi) is 3.65. The minimum atomic E-state index is -4.06. The van der Waals surface area contributed by atoms with E-state index < -0.39 is 15.6 Å². The zero-order valence-corrected chi connectivity index (χ0v) is 13.5. The summed E-state index contributed by atoms with van der Waals surface area (Å²) in [4.78, 5) is 23.1. The van der Waals surface area contributed by atoms with Crippen LogP contribution in [-0.4, -0.2) is 18.9 Å². The summed E-state index contributed by atoms with van der Waals surface area (Å²) in [6, 6.07) is 5.64. The fraction of sp³-hybridized carbons (Fsp3) is 0.143. The molecule has 2 aromatic rings. The van der Waals surface area contributed by atoms with E-state index in [1.165, 1.54) is 36.0 Å². The number of halogens is 1. The minimum absolute atomic E-state index is 0.0359. The maximum atomic E-state index is 12.5. The number of fused-ring (bicyclic) bond motifs is 1. The Morgan fingerprint density at radius 1 is 1.30 bits per heavy atom. The highest BCUT2D eigenvalue weighted by atomic mass is 35.5. The van der Waals surface area contributed by atoms with Crippen LogP contribution in [0.1, 0.15) is 5.56 Å². The molecule has 1 amide bonds. The maximum Gasteiger partial charge on any atom is 0.274 e. The van der Waals surface area contributed by atoms with Crippen LogP contribution >= 0.6 is 11.6 Å². The summed E-state index contributed by atoms with van der Waals surface area (Å²) in [5, 5.41) is 2.56. The first-order chi connectivity index (χ1) is 10.8. The third kappa shape index (κ3) is 2.82. The molecule has 0 unspecified atom stereocenters. The van der Waals surface area contributed by atoms with E-state index in [1.54, 1.807) is 6.07 Å². The van der Waals surface area contributed by atoms with Crippen molar-refractivity contribution in [2.75, 3.05) is 10.0 Å². The molecule has 0 bridgehead atoms. The fourth-order valence-corrected chi connectivity index (χ4v) is 3.94. The maximum absolute atomic E-state index is 12.5. The van der Waals surface area contributed by atoms with E-state index >= 15 is 0 Å². The van der Waals surface area contributed by atoms with Gasteiger partial charge < -0.3 is 9.88 Å². The third-order valence-electron chi connectivity index (χ3n) is 3.44. The summed E-state index contributed by atoms with van der Waals surface area (Å²) >= 11 is 6.02. The molecule has 0 spiro atoms. The van der Waals surface area contributed by atoms with Crippen LogP contribution < -0.4 is 15.6 Å². The summed E-state index contributed by atoms with van der Waals surface area (Å²) < 4.78 is 28.5. The van der Waals surface area contributed by atoms with Gasteiger partial charge in [0.25, 0.3) is 15.6 Å². The quantitative estimate of drug-likeness (QED) is 0.870. The molecule has 9 heteroatoms. The summed E-state index contributed by atoms with van der Waals surface area (Å²) in [5.74, 6) is -0.226. The molecule has 0 atom stereocenters. The van der Waals surface area contributed by atoms with Gasteiger partial charge in [-0.2, -0.15) is 0 Å². The van der Waals surface area contributed by atoms with Gasteiger partial charge in [0.1, 0.15) is 10.6 Å². The molecule has 0 fully saturated rings. The first kappa shape index (κ1) is 15.6. The zero-order chi connectivity index (χ0) is 16.8. The first-order valence-corrected chi connectivity index (χ1v) is 8.45. The second-order valence-corrected chi connectivity index (χ2v) is 7.17. The molecule has 3 rings (SSSR count). The number of sulfonamides is 1. The van der Waals surface area contributed by atoms with Gasteiger partial charge in [-0.1, -0.05) is 11.6 Å². The van der Waals surface area contributed by atoms with Gasteiger partial charge >= 0.3 is 0 Å². The predicted octanol–water partition coefficient (Wildman–Crippen LogP) is 1.33. The molecule has 0 saturated carbocycles. The molecule has 2 N–H and O–H groups in total. The number of hydrogen-bond donors (Lipinski definition) is 2. The van der Waals surface area contributed by atoms with Crippen molar-refractivity contribution in [3.05, 3.63) is 51.4 Å². The van der Waals surface area contributed by atoms with Crippen molar-refractivity contribution in [1.29, 1.82) is 0 Å². The molecule has 1 aliphatic rings. The number of nitrogens with one attached hydrogen (secondary N) is 2. The molecule has 0 saturated heterocycles. The van der Waals surface area contributed by atoms with E-state index in [-0.39, 0.29) is 27.9 Å². The van der Waals surface area contributed by atoms with Gasteiger partial charge in [-0.3, -0.25) is 14.3 Å². The number of carbonyl (C=O) groups excluding carboxylic acids is 1. The van der Waals surface area contributed by atoms with Crippen molar-refractivity contribution in [1.82, 2.24) is 4.57 Å². The molecule has 1 aliphatic heterocycles. The number of hydrogen-bond acceptors (Lipinski definition) is 4. The third-order valence-corrected chi connectivity index (χ3v) is 5.27. The molecule has 23 heavy (non-hydrogen) atoms. The molecule has 120 valence electrons. The second kappa shape index (κ2) is 5.39. The lowest BCUT2D eigenvalue weighted by atomic mass is 10.2. The average molecular weight is 354 g/mol. The van der Waals surface area contributed by atoms with E-state index in [0.29, 0.717) is 11.3 Å². The smallest absolute Gasteiger partial charge is 0.274 e.